The van der Waals surface area contributed by atoms with Crippen LogP contribution in [0.25, 0.3) is 0 Å². The highest BCUT2D eigenvalue weighted by molar-refractivity contribution is 6.35. The summed E-state index contributed by atoms with van der Waals surface area (Å²) in [5.41, 5.74) is -0.540. The number of benzene rings is 1. The molecule has 0 spiro atoms. The monoisotopic (exact) mass is 285 g/mol. The third-order valence-corrected chi connectivity index (χ3v) is 2.80. The van der Waals surface area contributed by atoms with E-state index < -0.39 is 17.5 Å². The van der Waals surface area contributed by atoms with Gasteiger partial charge in [-0.05, 0) is 30.3 Å². The van der Waals surface area contributed by atoms with Crippen molar-refractivity contribution in [3.8, 4) is 0 Å². The van der Waals surface area contributed by atoms with Gasteiger partial charge >= 0.3 is 6.18 Å². The number of carbonyl (C=O) groups excluding carboxylic acids is 1. The lowest BCUT2D eigenvalue weighted by Gasteiger charge is -2.09. The minimum absolute atomic E-state index is 0.0286. The highest BCUT2D eigenvalue weighted by atomic mass is 35.5. The molecule has 1 aromatic carbocycles. The van der Waals surface area contributed by atoms with E-state index >= 15 is 0 Å². The molecule has 0 N–H and O–H groups in total. The minimum Gasteiger partial charge on any atom is -0.289 e. The van der Waals surface area contributed by atoms with Crippen molar-refractivity contribution in [3.63, 3.8) is 0 Å². The van der Waals surface area contributed by atoms with E-state index in [2.05, 4.69) is 4.98 Å². The Bertz CT molecular complexity index is 611. The van der Waals surface area contributed by atoms with E-state index in [0.717, 1.165) is 18.2 Å². The Morgan fingerprint density at radius 2 is 1.74 bits per heavy atom. The molecule has 0 saturated carbocycles. The number of hydrogen-bond donors (Lipinski definition) is 0. The second kappa shape index (κ2) is 5.01. The second-order valence-electron chi connectivity index (χ2n) is 3.76. The molecule has 2 rings (SSSR count). The Kier molecular flexibility index (Phi) is 3.57. The first-order valence-corrected chi connectivity index (χ1v) is 5.59. The van der Waals surface area contributed by atoms with Crippen molar-refractivity contribution in [2.75, 3.05) is 0 Å². The molecule has 2 nitrogen and oxygen atoms in total. The van der Waals surface area contributed by atoms with Gasteiger partial charge in [0.25, 0.3) is 0 Å². The zero-order valence-corrected chi connectivity index (χ0v) is 10.2. The third-order valence-electron chi connectivity index (χ3n) is 2.48. The van der Waals surface area contributed by atoms with Gasteiger partial charge in [-0.2, -0.15) is 13.2 Å². The number of ketones is 1. The molecular formula is C13H7ClF3NO. The molecule has 1 aromatic heterocycles. The van der Waals surface area contributed by atoms with Gasteiger partial charge in [0.1, 0.15) is 0 Å². The fourth-order valence-corrected chi connectivity index (χ4v) is 1.80. The van der Waals surface area contributed by atoms with Crippen LogP contribution in [0, 0.1) is 0 Å². The highest BCUT2D eigenvalue weighted by Gasteiger charge is 2.31. The number of halogens is 4. The Labute approximate surface area is 111 Å². The number of aromatic nitrogens is 1. The molecule has 0 unspecified atom stereocenters. The Morgan fingerprint density at radius 3 is 2.26 bits per heavy atom. The third kappa shape index (κ3) is 2.93. The molecular weight excluding hydrogens is 279 g/mol. The number of alkyl halides is 3. The lowest BCUT2D eigenvalue weighted by Crippen LogP contribution is -2.07. The predicted molar refractivity (Wildman–Crippen MR) is 64.1 cm³/mol. The van der Waals surface area contributed by atoms with E-state index in [1.54, 1.807) is 0 Å². The molecule has 0 aliphatic carbocycles. The zero-order chi connectivity index (χ0) is 14.0. The van der Waals surface area contributed by atoms with Crippen molar-refractivity contribution < 1.29 is 18.0 Å². The normalized spacial score (nSPS) is 11.4. The summed E-state index contributed by atoms with van der Waals surface area (Å²) in [6.45, 7) is 0. The number of carbonyl (C=O) groups is 1. The van der Waals surface area contributed by atoms with Gasteiger partial charge in [-0.1, -0.05) is 11.6 Å². The van der Waals surface area contributed by atoms with Crippen LogP contribution in [-0.2, 0) is 6.18 Å². The molecule has 0 atom stereocenters. The summed E-state index contributed by atoms with van der Waals surface area (Å²) in [7, 11) is 0. The summed E-state index contributed by atoms with van der Waals surface area (Å²) < 4.78 is 37.4. The van der Waals surface area contributed by atoms with Gasteiger partial charge in [0.15, 0.2) is 5.78 Å². The molecule has 19 heavy (non-hydrogen) atoms. The van der Waals surface area contributed by atoms with Crippen LogP contribution in [0.5, 0.6) is 0 Å². The SMILES string of the molecule is O=C(c1ccncc1)c1ccc(C(F)(F)F)cc1Cl. The largest absolute Gasteiger partial charge is 0.416 e. The molecule has 0 bridgehead atoms. The van der Waals surface area contributed by atoms with Crippen molar-refractivity contribution >= 4 is 17.4 Å². The average Bonchev–Trinajstić information content (AvgIpc) is 2.38. The van der Waals surface area contributed by atoms with Crippen molar-refractivity contribution in [1.82, 2.24) is 4.98 Å². The summed E-state index contributed by atoms with van der Waals surface area (Å²) in [4.78, 5) is 15.8. The molecule has 0 saturated heterocycles. The predicted octanol–water partition coefficient (Wildman–Crippen LogP) is 3.98. The maximum atomic E-state index is 12.5. The van der Waals surface area contributed by atoms with Gasteiger partial charge in [-0.25, -0.2) is 0 Å². The van der Waals surface area contributed by atoms with E-state index in [-0.39, 0.29) is 10.6 Å². The fourth-order valence-electron chi connectivity index (χ4n) is 1.53. The average molecular weight is 286 g/mol. The molecule has 2 aromatic rings. The minimum atomic E-state index is -4.48. The molecule has 98 valence electrons. The van der Waals surface area contributed by atoms with Gasteiger partial charge in [-0.3, -0.25) is 9.78 Å². The van der Waals surface area contributed by atoms with Crippen LogP contribution in [0.2, 0.25) is 5.02 Å². The molecule has 0 radical (unpaired) electrons. The van der Waals surface area contributed by atoms with E-state index in [9.17, 15) is 18.0 Å². The quantitative estimate of drug-likeness (QED) is 0.781. The number of nitrogens with zero attached hydrogens (tertiary/aromatic N) is 1. The molecule has 0 fully saturated rings. The van der Waals surface area contributed by atoms with Gasteiger partial charge in [0.05, 0.1) is 10.6 Å². The first-order chi connectivity index (χ1) is 8.89. The Morgan fingerprint density at radius 1 is 1.11 bits per heavy atom. The Hall–Kier alpha value is -1.88. The summed E-state index contributed by atoms with van der Waals surface area (Å²) in [5, 5.41) is -0.225. The van der Waals surface area contributed by atoms with Crippen LogP contribution in [0.15, 0.2) is 42.7 Å². The number of pyridine rings is 1. The maximum absolute atomic E-state index is 12.5. The molecule has 0 aliphatic heterocycles. The van der Waals surface area contributed by atoms with E-state index in [0.29, 0.717) is 5.56 Å². The highest BCUT2D eigenvalue weighted by Crippen LogP contribution is 2.32. The summed E-state index contributed by atoms with van der Waals surface area (Å²) >= 11 is 5.74. The second-order valence-corrected chi connectivity index (χ2v) is 4.16. The standard InChI is InChI=1S/C13H7ClF3NO/c14-11-7-9(13(15,16)17)1-2-10(11)12(19)8-3-5-18-6-4-8/h1-7H. The van der Waals surface area contributed by atoms with Crippen molar-refractivity contribution in [2.45, 2.75) is 6.18 Å². The van der Waals surface area contributed by atoms with Crippen LogP contribution >= 0.6 is 11.6 Å². The van der Waals surface area contributed by atoms with Crippen LogP contribution in [0.3, 0.4) is 0 Å². The number of rotatable bonds is 2. The topological polar surface area (TPSA) is 30.0 Å². The fraction of sp³-hybridized carbons (Fsp3) is 0.0769. The summed E-state index contributed by atoms with van der Waals surface area (Å²) in [5.74, 6) is -0.443. The lowest BCUT2D eigenvalue weighted by atomic mass is 10.0. The number of hydrogen-bond acceptors (Lipinski definition) is 2. The van der Waals surface area contributed by atoms with E-state index in [4.69, 9.17) is 11.6 Å². The van der Waals surface area contributed by atoms with Crippen molar-refractivity contribution in [3.05, 3.63) is 64.4 Å². The molecule has 0 aliphatic rings. The molecule has 1 heterocycles. The Balaban J connectivity index is 2.40. The van der Waals surface area contributed by atoms with Crippen LogP contribution in [0.1, 0.15) is 21.5 Å². The van der Waals surface area contributed by atoms with Gasteiger partial charge in [-0.15, -0.1) is 0 Å². The lowest BCUT2D eigenvalue weighted by molar-refractivity contribution is -0.137. The maximum Gasteiger partial charge on any atom is 0.416 e. The van der Waals surface area contributed by atoms with Crippen molar-refractivity contribution in [2.24, 2.45) is 0 Å². The van der Waals surface area contributed by atoms with Crippen LogP contribution in [0.4, 0.5) is 13.2 Å². The first-order valence-electron chi connectivity index (χ1n) is 5.21. The summed E-state index contributed by atoms with van der Waals surface area (Å²) in [6.07, 6.45) is -1.64. The van der Waals surface area contributed by atoms with Crippen LogP contribution < -0.4 is 0 Å². The van der Waals surface area contributed by atoms with Gasteiger partial charge in [0, 0.05) is 23.5 Å². The smallest absolute Gasteiger partial charge is 0.289 e. The van der Waals surface area contributed by atoms with Gasteiger partial charge in [0.2, 0.25) is 0 Å². The zero-order valence-electron chi connectivity index (χ0n) is 9.41. The van der Waals surface area contributed by atoms with Gasteiger partial charge < -0.3 is 0 Å². The molecule has 0 amide bonds. The summed E-state index contributed by atoms with van der Waals surface area (Å²) in [6, 6.07) is 5.59. The van der Waals surface area contributed by atoms with E-state index in [1.165, 1.54) is 24.5 Å². The van der Waals surface area contributed by atoms with Crippen molar-refractivity contribution in [1.29, 1.82) is 0 Å². The molecule has 6 heteroatoms. The first kappa shape index (κ1) is 13.5. The van der Waals surface area contributed by atoms with Crippen LogP contribution in [-0.4, -0.2) is 10.8 Å². The van der Waals surface area contributed by atoms with E-state index in [1.807, 2.05) is 0 Å².